The molecule has 0 aromatic carbocycles. The minimum absolute atomic E-state index is 0.0117. The van der Waals surface area contributed by atoms with E-state index < -0.39 is 63.7 Å². The van der Waals surface area contributed by atoms with Crippen LogP contribution < -0.4 is 11.5 Å². The van der Waals surface area contributed by atoms with Crippen molar-refractivity contribution >= 4 is 31.7 Å². The molecule has 0 spiro atoms. The first-order chi connectivity index (χ1) is 15.0. The number of phosphoric ester groups is 1. The zero-order valence-electron chi connectivity index (χ0n) is 18.1. The topological polar surface area (TPSA) is 213 Å². The van der Waals surface area contributed by atoms with Crippen molar-refractivity contribution in [3.8, 4) is 0 Å². The second kappa shape index (κ2) is 16.5. The molecule has 3 atom stereocenters. The van der Waals surface area contributed by atoms with E-state index in [1.54, 1.807) is 0 Å². The van der Waals surface area contributed by atoms with E-state index in [1.807, 2.05) is 0 Å². The van der Waals surface area contributed by atoms with Crippen LogP contribution in [0, 0.1) is 0 Å². The van der Waals surface area contributed by atoms with Crippen molar-refractivity contribution in [3.05, 3.63) is 0 Å². The fourth-order valence-electron chi connectivity index (χ4n) is 1.99. The molecule has 0 bridgehead atoms. The molecule has 0 amide bonds. The SMILES string of the molecule is CC(=O)OC[C@H](CCOP(=O)(O)OCC(COC(=O)CCN)OC(=O)CCN)OC(C)=O. The molecule has 2 unspecified atom stereocenters. The average molecular weight is 486 g/mol. The molecule has 14 nitrogen and oxygen atoms in total. The smallest absolute Gasteiger partial charge is 0.462 e. The van der Waals surface area contributed by atoms with Gasteiger partial charge in [0.1, 0.15) is 19.3 Å². The number of nitrogens with two attached hydrogens (primary N) is 2. The van der Waals surface area contributed by atoms with E-state index in [2.05, 4.69) is 0 Å². The molecule has 32 heavy (non-hydrogen) atoms. The molecule has 15 heteroatoms. The summed E-state index contributed by atoms with van der Waals surface area (Å²) in [6, 6.07) is 0. The number of phosphoric acid groups is 1. The Labute approximate surface area is 185 Å². The van der Waals surface area contributed by atoms with Crippen LogP contribution in [0.1, 0.15) is 33.1 Å². The van der Waals surface area contributed by atoms with Gasteiger partial charge in [0, 0.05) is 33.4 Å². The molecule has 0 aliphatic carbocycles. The zero-order chi connectivity index (χ0) is 24.6. The minimum Gasteiger partial charge on any atom is -0.462 e. The standard InChI is InChI=1S/C17H31N2O12P/c1-12(20)26-9-14(30-13(2)21)5-8-28-32(24,25)29-11-15(31-17(23)4-7-19)10-27-16(22)3-6-18/h14-15H,3-11,18-19H2,1-2H3,(H,24,25)/t14-,15?/m0/s1. The molecule has 0 aliphatic heterocycles. The summed E-state index contributed by atoms with van der Waals surface area (Å²) in [5.41, 5.74) is 10.5. The van der Waals surface area contributed by atoms with E-state index in [1.165, 1.54) is 6.92 Å². The van der Waals surface area contributed by atoms with Gasteiger partial charge < -0.3 is 35.3 Å². The number of hydrogen-bond donors (Lipinski definition) is 3. The largest absolute Gasteiger partial charge is 0.472 e. The first-order valence-electron chi connectivity index (χ1n) is 9.66. The number of ether oxygens (including phenoxy) is 4. The Morgan fingerprint density at radius 1 is 0.812 bits per heavy atom. The Balaban J connectivity index is 4.70. The molecular formula is C17H31N2O12P. The lowest BCUT2D eigenvalue weighted by Crippen LogP contribution is -2.30. The third kappa shape index (κ3) is 16.6. The summed E-state index contributed by atoms with van der Waals surface area (Å²) in [6.07, 6.45) is -2.36. The van der Waals surface area contributed by atoms with Crippen LogP contribution in [-0.4, -0.2) is 80.5 Å². The first-order valence-corrected chi connectivity index (χ1v) is 11.2. The van der Waals surface area contributed by atoms with E-state index in [-0.39, 0.29) is 39.0 Å². The van der Waals surface area contributed by atoms with Gasteiger partial charge in [-0.1, -0.05) is 0 Å². The van der Waals surface area contributed by atoms with Crippen LogP contribution in [0.4, 0.5) is 0 Å². The predicted molar refractivity (Wildman–Crippen MR) is 107 cm³/mol. The monoisotopic (exact) mass is 486 g/mol. The average Bonchev–Trinajstić information content (AvgIpc) is 2.68. The number of rotatable bonds is 17. The van der Waals surface area contributed by atoms with Crippen molar-refractivity contribution in [2.75, 3.05) is 39.5 Å². The Morgan fingerprint density at radius 2 is 1.41 bits per heavy atom. The Morgan fingerprint density at radius 3 is 1.97 bits per heavy atom. The third-order valence-corrected chi connectivity index (χ3v) is 4.33. The van der Waals surface area contributed by atoms with Crippen LogP contribution in [0.3, 0.4) is 0 Å². The van der Waals surface area contributed by atoms with Crippen LogP contribution in [-0.2, 0) is 51.7 Å². The molecule has 0 heterocycles. The quantitative estimate of drug-likeness (QED) is 0.130. The number of hydrogen-bond acceptors (Lipinski definition) is 13. The van der Waals surface area contributed by atoms with Crippen LogP contribution in [0.2, 0.25) is 0 Å². The summed E-state index contributed by atoms with van der Waals surface area (Å²) >= 11 is 0. The van der Waals surface area contributed by atoms with E-state index in [4.69, 9.17) is 39.5 Å². The van der Waals surface area contributed by atoms with Gasteiger partial charge in [0.15, 0.2) is 6.10 Å². The Kier molecular flexibility index (Phi) is 15.5. The van der Waals surface area contributed by atoms with Gasteiger partial charge in [0.05, 0.1) is 26.1 Å². The van der Waals surface area contributed by atoms with Crippen molar-refractivity contribution in [1.82, 2.24) is 0 Å². The van der Waals surface area contributed by atoms with E-state index in [0.717, 1.165) is 6.92 Å². The summed E-state index contributed by atoms with van der Waals surface area (Å²) in [5, 5.41) is 0. The second-order valence-corrected chi connectivity index (χ2v) is 7.75. The van der Waals surface area contributed by atoms with Crippen molar-refractivity contribution in [2.45, 2.75) is 45.3 Å². The Hall–Kier alpha value is -2.09. The highest BCUT2D eigenvalue weighted by Crippen LogP contribution is 2.43. The van der Waals surface area contributed by atoms with E-state index in [9.17, 15) is 28.6 Å². The van der Waals surface area contributed by atoms with Crippen LogP contribution in [0.5, 0.6) is 0 Å². The molecular weight excluding hydrogens is 455 g/mol. The zero-order valence-corrected chi connectivity index (χ0v) is 19.0. The van der Waals surface area contributed by atoms with Gasteiger partial charge in [-0.3, -0.25) is 28.2 Å². The van der Waals surface area contributed by atoms with Gasteiger partial charge in [-0.25, -0.2) is 4.57 Å². The summed E-state index contributed by atoms with van der Waals surface area (Å²) in [4.78, 5) is 54.9. The molecule has 0 aromatic heterocycles. The highest BCUT2D eigenvalue weighted by Gasteiger charge is 2.27. The summed E-state index contributed by atoms with van der Waals surface area (Å²) in [5.74, 6) is -2.61. The molecule has 0 aliphatic rings. The molecule has 0 radical (unpaired) electrons. The van der Waals surface area contributed by atoms with Gasteiger partial charge in [0.2, 0.25) is 0 Å². The predicted octanol–water partition coefficient (Wildman–Crippen LogP) is -0.842. The third-order valence-electron chi connectivity index (χ3n) is 3.35. The maximum Gasteiger partial charge on any atom is 0.472 e. The molecule has 186 valence electrons. The maximum atomic E-state index is 12.1. The van der Waals surface area contributed by atoms with E-state index >= 15 is 0 Å². The lowest BCUT2D eigenvalue weighted by atomic mass is 10.3. The summed E-state index contributed by atoms with van der Waals surface area (Å²) in [7, 11) is -4.62. The molecule has 0 saturated carbocycles. The number of carbonyl (C=O) groups is 4. The maximum absolute atomic E-state index is 12.1. The Bertz CT molecular complexity index is 659. The highest BCUT2D eigenvalue weighted by atomic mass is 31.2. The van der Waals surface area contributed by atoms with Crippen molar-refractivity contribution in [2.24, 2.45) is 11.5 Å². The fraction of sp³-hybridized carbons (Fsp3) is 0.765. The molecule has 0 fully saturated rings. The fourth-order valence-corrected chi connectivity index (χ4v) is 2.76. The lowest BCUT2D eigenvalue weighted by molar-refractivity contribution is -0.161. The van der Waals surface area contributed by atoms with Gasteiger partial charge in [-0.2, -0.15) is 0 Å². The van der Waals surface area contributed by atoms with E-state index in [0.29, 0.717) is 0 Å². The first kappa shape index (κ1) is 29.9. The summed E-state index contributed by atoms with van der Waals surface area (Å²) in [6.45, 7) is 0.663. The van der Waals surface area contributed by atoms with Crippen molar-refractivity contribution in [3.63, 3.8) is 0 Å². The van der Waals surface area contributed by atoms with Gasteiger partial charge in [-0.15, -0.1) is 0 Å². The minimum atomic E-state index is -4.62. The highest BCUT2D eigenvalue weighted by molar-refractivity contribution is 7.47. The number of esters is 4. The second-order valence-electron chi connectivity index (χ2n) is 6.29. The van der Waals surface area contributed by atoms with Crippen LogP contribution in [0.25, 0.3) is 0 Å². The molecule has 0 saturated heterocycles. The normalized spacial score (nSPS) is 14.5. The van der Waals surface area contributed by atoms with Crippen molar-refractivity contribution < 1.29 is 56.6 Å². The van der Waals surface area contributed by atoms with Gasteiger partial charge >= 0.3 is 31.7 Å². The molecule has 5 N–H and O–H groups in total. The van der Waals surface area contributed by atoms with Crippen LogP contribution >= 0.6 is 7.82 Å². The van der Waals surface area contributed by atoms with Crippen molar-refractivity contribution in [1.29, 1.82) is 0 Å². The summed E-state index contributed by atoms with van der Waals surface area (Å²) < 4.78 is 41.2. The molecule has 0 aromatic rings. The molecule has 0 rings (SSSR count). The van der Waals surface area contributed by atoms with Crippen LogP contribution in [0.15, 0.2) is 0 Å². The number of carbonyl (C=O) groups excluding carboxylic acids is 4. The van der Waals surface area contributed by atoms with Gasteiger partial charge in [-0.05, 0) is 0 Å². The lowest BCUT2D eigenvalue weighted by Gasteiger charge is -2.20. The van der Waals surface area contributed by atoms with Gasteiger partial charge in [0.25, 0.3) is 0 Å².